The summed E-state index contributed by atoms with van der Waals surface area (Å²) < 4.78 is 6.82. The molecular weight excluding hydrogens is 650 g/mol. The molecule has 0 bridgehead atoms. The molecule has 0 fully saturated rings. The minimum atomic E-state index is -0.563. The zero-order valence-corrected chi connectivity index (χ0v) is 28.7. The fourth-order valence-electron chi connectivity index (χ4n) is 5.40. The molecule has 0 unspecified atom stereocenters. The monoisotopic (exact) mass is 685 g/mol. The first-order valence-corrected chi connectivity index (χ1v) is 16.6. The molecule has 1 aliphatic rings. The highest BCUT2D eigenvalue weighted by molar-refractivity contribution is 7.15. The van der Waals surface area contributed by atoms with Crippen molar-refractivity contribution < 1.29 is 19.1 Å². The minimum absolute atomic E-state index is 0.0830. The molecule has 1 atom stereocenters. The predicted octanol–water partition coefficient (Wildman–Crippen LogP) is 5.21. The number of thiophene rings is 1. The van der Waals surface area contributed by atoms with Crippen LogP contribution in [0.3, 0.4) is 0 Å². The highest BCUT2D eigenvalue weighted by atomic mass is 35.5. The highest BCUT2D eigenvalue weighted by Gasteiger charge is 2.32. The van der Waals surface area contributed by atoms with Crippen molar-refractivity contribution in [3.63, 3.8) is 0 Å². The van der Waals surface area contributed by atoms with Crippen molar-refractivity contribution in [2.24, 2.45) is 10.7 Å². The van der Waals surface area contributed by atoms with Gasteiger partial charge in [-0.15, -0.1) is 21.5 Å². The number of anilines is 1. The fourth-order valence-corrected chi connectivity index (χ4v) is 6.74. The number of amides is 2. The number of ether oxygens (including phenoxy) is 1. The third kappa shape index (κ3) is 7.65. The first-order valence-electron chi connectivity index (χ1n) is 15.5. The Bertz CT molecular complexity index is 1950. The summed E-state index contributed by atoms with van der Waals surface area (Å²) in [7, 11) is 1.29. The summed E-state index contributed by atoms with van der Waals surface area (Å²) in [4.78, 5) is 44.2. The van der Waals surface area contributed by atoms with Crippen molar-refractivity contribution >= 4 is 52.1 Å². The number of halogens is 1. The van der Waals surface area contributed by atoms with E-state index >= 15 is 0 Å². The molecule has 13 heteroatoms. The number of hydrogen-bond donors (Lipinski definition) is 3. The third-order valence-electron chi connectivity index (χ3n) is 7.92. The average molecular weight is 686 g/mol. The van der Waals surface area contributed by atoms with Crippen LogP contribution in [0, 0.1) is 32.6 Å². The van der Waals surface area contributed by atoms with Gasteiger partial charge in [-0.05, 0) is 69.5 Å². The second-order valence-electron chi connectivity index (χ2n) is 11.2. The lowest BCUT2D eigenvalue weighted by molar-refractivity contribution is -0.121. The van der Waals surface area contributed by atoms with Gasteiger partial charge in [0, 0.05) is 45.2 Å². The number of aryl methyl sites for hydroxylation is 2. The van der Waals surface area contributed by atoms with E-state index in [0.717, 1.165) is 33.2 Å². The van der Waals surface area contributed by atoms with Crippen LogP contribution in [0.25, 0.3) is 5.00 Å². The molecular formula is C35H36ClN7O4S. The average Bonchev–Trinajstić information content (AvgIpc) is 3.55. The Kier molecular flexibility index (Phi) is 11.1. The summed E-state index contributed by atoms with van der Waals surface area (Å²) in [5, 5.41) is 16.2. The van der Waals surface area contributed by atoms with E-state index in [2.05, 4.69) is 46.5 Å². The van der Waals surface area contributed by atoms with E-state index < -0.39 is 12.0 Å². The first-order chi connectivity index (χ1) is 23.1. The van der Waals surface area contributed by atoms with Crippen molar-refractivity contribution in [2.75, 3.05) is 25.5 Å². The Balaban J connectivity index is 1.21. The predicted molar refractivity (Wildman–Crippen MR) is 187 cm³/mol. The molecule has 4 N–H and O–H groups in total. The maximum atomic E-state index is 13.2. The van der Waals surface area contributed by atoms with Gasteiger partial charge in [-0.3, -0.25) is 19.1 Å². The summed E-state index contributed by atoms with van der Waals surface area (Å²) in [6.07, 6.45) is 1.49. The number of rotatable bonds is 10. The zero-order chi connectivity index (χ0) is 34.4. The quantitative estimate of drug-likeness (QED) is 0.118. The van der Waals surface area contributed by atoms with E-state index in [1.54, 1.807) is 29.5 Å². The number of carbonyl (C=O) groups is 3. The number of esters is 1. The van der Waals surface area contributed by atoms with Crippen molar-refractivity contribution in [1.29, 1.82) is 0 Å². The zero-order valence-electron chi connectivity index (χ0n) is 27.1. The number of aromatic nitrogens is 3. The van der Waals surface area contributed by atoms with Gasteiger partial charge in [0.05, 0.1) is 31.4 Å². The summed E-state index contributed by atoms with van der Waals surface area (Å²) in [6, 6.07) is 11.8. The molecule has 0 spiro atoms. The molecule has 248 valence electrons. The van der Waals surface area contributed by atoms with Crippen LogP contribution in [0.15, 0.2) is 47.5 Å². The van der Waals surface area contributed by atoms with Crippen LogP contribution in [0.1, 0.15) is 80.9 Å². The lowest BCUT2D eigenvalue weighted by Crippen LogP contribution is -2.26. The van der Waals surface area contributed by atoms with E-state index in [-0.39, 0.29) is 31.2 Å². The number of nitrogens with zero attached hydrogens (tertiary/aromatic N) is 4. The lowest BCUT2D eigenvalue weighted by Gasteiger charge is -2.13. The van der Waals surface area contributed by atoms with E-state index in [0.29, 0.717) is 47.0 Å². The molecule has 48 heavy (non-hydrogen) atoms. The number of aliphatic imine (C=N–C) groups is 1. The molecule has 2 aromatic carbocycles. The van der Waals surface area contributed by atoms with Gasteiger partial charge in [-0.2, -0.15) is 0 Å². The lowest BCUT2D eigenvalue weighted by atomic mass is 9.99. The number of hydrogen-bond acceptors (Lipinski definition) is 9. The smallest absolute Gasteiger partial charge is 0.339 e. The molecule has 2 aromatic heterocycles. The summed E-state index contributed by atoms with van der Waals surface area (Å²) in [6.45, 7) is 6.59. The Morgan fingerprint density at radius 3 is 2.56 bits per heavy atom. The summed E-state index contributed by atoms with van der Waals surface area (Å²) in [5.74, 6) is 6.01. The number of benzene rings is 2. The second-order valence-corrected chi connectivity index (χ2v) is 12.9. The highest BCUT2D eigenvalue weighted by Crippen LogP contribution is 2.39. The molecule has 2 amide bonds. The van der Waals surface area contributed by atoms with Gasteiger partial charge >= 0.3 is 5.97 Å². The van der Waals surface area contributed by atoms with Gasteiger partial charge < -0.3 is 21.1 Å². The van der Waals surface area contributed by atoms with Gasteiger partial charge in [0.25, 0.3) is 0 Å². The van der Waals surface area contributed by atoms with Crippen LogP contribution < -0.4 is 16.4 Å². The molecule has 0 aliphatic carbocycles. The number of unbranched alkanes of at least 4 members (excludes halogenated alkanes) is 1. The molecule has 0 saturated carbocycles. The van der Waals surface area contributed by atoms with Crippen LogP contribution in [-0.4, -0.2) is 58.5 Å². The summed E-state index contributed by atoms with van der Waals surface area (Å²) in [5.41, 5.74) is 10.5. The van der Waals surface area contributed by atoms with Gasteiger partial charge in [-0.1, -0.05) is 35.6 Å². The first kappa shape index (κ1) is 34.5. The van der Waals surface area contributed by atoms with Crippen LogP contribution >= 0.6 is 22.9 Å². The number of nitrogens with two attached hydrogens (primary N) is 1. The number of fused-ring (bicyclic) bond motifs is 3. The van der Waals surface area contributed by atoms with E-state index in [4.69, 9.17) is 27.1 Å². The Morgan fingerprint density at radius 1 is 1.06 bits per heavy atom. The van der Waals surface area contributed by atoms with Crippen LogP contribution in [0.4, 0.5) is 5.69 Å². The van der Waals surface area contributed by atoms with Crippen molar-refractivity contribution in [3.05, 3.63) is 91.8 Å². The van der Waals surface area contributed by atoms with Gasteiger partial charge in [0.15, 0.2) is 5.82 Å². The minimum Gasteiger partial charge on any atom is -0.465 e. The molecule has 0 radical (unpaired) electrons. The van der Waals surface area contributed by atoms with Gasteiger partial charge in [0.1, 0.15) is 16.9 Å². The molecule has 11 nitrogen and oxygen atoms in total. The third-order valence-corrected chi connectivity index (χ3v) is 9.37. The summed E-state index contributed by atoms with van der Waals surface area (Å²) >= 11 is 7.86. The van der Waals surface area contributed by atoms with E-state index in [9.17, 15) is 14.4 Å². The molecule has 0 saturated heterocycles. The normalized spacial score (nSPS) is 13.3. The Morgan fingerprint density at radius 2 is 1.83 bits per heavy atom. The van der Waals surface area contributed by atoms with Crippen LogP contribution in [0.5, 0.6) is 0 Å². The van der Waals surface area contributed by atoms with E-state index in [1.807, 2.05) is 35.8 Å². The number of carbonyl (C=O) groups excluding carboxylic acids is 3. The molecule has 1 aliphatic heterocycles. The van der Waals surface area contributed by atoms with E-state index in [1.165, 1.54) is 12.0 Å². The maximum Gasteiger partial charge on any atom is 0.339 e. The Labute approximate surface area is 288 Å². The maximum absolute atomic E-state index is 13.2. The number of methoxy groups -OCH3 is 1. The topological polar surface area (TPSA) is 154 Å². The van der Waals surface area contributed by atoms with Gasteiger partial charge in [0.2, 0.25) is 11.8 Å². The van der Waals surface area contributed by atoms with Crippen LogP contribution in [-0.2, 0) is 14.3 Å². The number of nitrogens with one attached hydrogen (secondary N) is 2. The van der Waals surface area contributed by atoms with Gasteiger partial charge in [-0.25, -0.2) is 4.79 Å². The fraction of sp³-hybridized carbons (Fsp3) is 0.314. The van der Waals surface area contributed by atoms with Crippen LogP contribution in [0.2, 0.25) is 5.02 Å². The molecule has 4 aromatic rings. The second kappa shape index (κ2) is 15.4. The van der Waals surface area contributed by atoms with Crippen molar-refractivity contribution in [1.82, 2.24) is 20.1 Å². The van der Waals surface area contributed by atoms with Crippen molar-refractivity contribution in [3.8, 4) is 16.8 Å². The molecule has 3 heterocycles. The molecule has 5 rings (SSSR count). The Hall–Kier alpha value is -4.83. The standard InChI is InChI=1S/C35H36ClN7O4S/c1-20-21(2)48-34-31(20)32(23-10-12-25(36)13-11-23)40-28(33-42-41-22(3)43(33)34)19-30(45)38-17-6-5-9-29(44)39-26-14-15-27(35(46)47-4)24(18-26)8-7-16-37/h10-15,18,28H,5-6,9,16-17,19,37H2,1-4H3,(H,38,45)(H,39,44)/t28-/m0/s1. The van der Waals surface area contributed by atoms with Crippen molar-refractivity contribution in [2.45, 2.75) is 52.5 Å². The largest absolute Gasteiger partial charge is 0.465 e. The SMILES string of the molecule is COC(=O)c1ccc(NC(=O)CCCCNC(=O)C[C@@H]2N=C(c3ccc(Cl)cc3)c3c(sc(C)c3C)-n3c(C)nnc32)cc1C#CCN.